The van der Waals surface area contributed by atoms with E-state index in [0.717, 1.165) is 0 Å². The number of anilines is 1. The van der Waals surface area contributed by atoms with Gasteiger partial charge < -0.3 is 19.5 Å². The van der Waals surface area contributed by atoms with Crippen molar-refractivity contribution in [3.05, 3.63) is 33.4 Å². The summed E-state index contributed by atoms with van der Waals surface area (Å²) in [7, 11) is 1.45. The number of rotatable bonds is 2. The van der Waals surface area contributed by atoms with Crippen LogP contribution in [0.3, 0.4) is 0 Å². The average Bonchev–Trinajstić information content (AvgIpc) is 3.34. The van der Waals surface area contributed by atoms with Gasteiger partial charge >= 0.3 is 0 Å². The molecule has 4 fully saturated rings. The van der Waals surface area contributed by atoms with Crippen molar-refractivity contribution in [3.63, 3.8) is 0 Å². The molecule has 7 rings (SSSR count). The van der Waals surface area contributed by atoms with Crippen LogP contribution in [0.15, 0.2) is 12.1 Å². The van der Waals surface area contributed by atoms with Crippen molar-refractivity contribution in [3.8, 4) is 5.75 Å². The van der Waals surface area contributed by atoms with Crippen molar-refractivity contribution in [2.45, 2.75) is 81.4 Å². The Morgan fingerprint density at radius 1 is 1.22 bits per heavy atom. The lowest BCUT2D eigenvalue weighted by molar-refractivity contribution is -0.584. The number of methoxy groups -OCH3 is 1. The second-order valence-corrected chi connectivity index (χ2v) is 12.7. The second-order valence-electron chi connectivity index (χ2n) is 12.7. The van der Waals surface area contributed by atoms with Gasteiger partial charge in [0, 0.05) is 29.8 Å². The molecule has 0 unspecified atom stereocenters. The fourth-order valence-electron chi connectivity index (χ4n) is 8.87. The maximum atomic E-state index is 14.7. The first-order valence-corrected chi connectivity index (χ1v) is 12.7. The van der Waals surface area contributed by atoms with Crippen LogP contribution in [0.5, 0.6) is 5.75 Å². The lowest BCUT2D eigenvalue weighted by Gasteiger charge is -2.46. The summed E-state index contributed by atoms with van der Waals surface area (Å²) >= 11 is 0. The number of aliphatic hydroxyl groups is 1. The minimum Gasteiger partial charge on any atom is -0.496 e. The van der Waals surface area contributed by atoms with Crippen molar-refractivity contribution < 1.29 is 29.1 Å². The zero-order valence-electron chi connectivity index (χ0n) is 21.1. The number of benzene rings is 1. The third-order valence-corrected chi connectivity index (χ3v) is 10.7. The number of nitro groups is 1. The fourth-order valence-corrected chi connectivity index (χ4v) is 8.87. The van der Waals surface area contributed by atoms with Crippen molar-refractivity contribution in [2.24, 2.45) is 11.3 Å². The molecule has 1 spiro atoms. The van der Waals surface area contributed by atoms with Crippen molar-refractivity contribution in [1.29, 1.82) is 0 Å². The molecule has 7 atom stereocenters. The maximum absolute atomic E-state index is 14.7. The van der Waals surface area contributed by atoms with E-state index >= 15 is 0 Å². The molecule has 10 nitrogen and oxygen atoms in total. The number of Topliss-reactive ketones (excluding diaryl/α,β-unsaturated/α-hetero) is 1. The lowest BCUT2D eigenvalue weighted by atomic mass is 9.60. The number of ether oxygens (including phenoxy) is 2. The van der Waals surface area contributed by atoms with Gasteiger partial charge in [-0.2, -0.15) is 0 Å². The van der Waals surface area contributed by atoms with E-state index in [4.69, 9.17) is 9.47 Å². The average molecular weight is 498 g/mol. The number of hydrogen-bond donors (Lipinski definition) is 1. The Morgan fingerprint density at radius 3 is 2.61 bits per heavy atom. The summed E-state index contributed by atoms with van der Waals surface area (Å²) < 4.78 is 11.3. The van der Waals surface area contributed by atoms with Crippen LogP contribution >= 0.6 is 0 Å². The van der Waals surface area contributed by atoms with E-state index in [2.05, 4.69) is 4.90 Å². The van der Waals surface area contributed by atoms with Crippen LogP contribution in [-0.2, 0) is 14.9 Å². The number of fused-ring (bicyclic) bond motifs is 5. The van der Waals surface area contributed by atoms with Gasteiger partial charge in [-0.25, -0.2) is 0 Å². The monoisotopic (exact) mass is 497 g/mol. The molecule has 10 heteroatoms. The first-order valence-electron chi connectivity index (χ1n) is 12.7. The number of carbonyl (C=O) groups excluding carboxylic acids is 2. The number of hydrogen-bond acceptors (Lipinski definition) is 8. The molecule has 1 aliphatic carbocycles. The Balaban J connectivity index is 1.48. The Kier molecular flexibility index (Phi) is 3.95. The van der Waals surface area contributed by atoms with Crippen LogP contribution in [0.1, 0.15) is 56.5 Å². The van der Waals surface area contributed by atoms with E-state index in [1.165, 1.54) is 7.11 Å². The highest BCUT2D eigenvalue weighted by Gasteiger charge is 2.81. The molecule has 192 valence electrons. The molecular formula is C26H31N3O7. The van der Waals surface area contributed by atoms with E-state index in [1.807, 2.05) is 19.9 Å². The summed E-state index contributed by atoms with van der Waals surface area (Å²) in [6.07, 6.45) is -0.517. The molecule has 1 saturated carbocycles. The predicted molar refractivity (Wildman–Crippen MR) is 127 cm³/mol. The topological polar surface area (TPSA) is 126 Å². The molecule has 5 heterocycles. The van der Waals surface area contributed by atoms with Gasteiger partial charge in [-0.05, 0) is 37.3 Å². The van der Waals surface area contributed by atoms with E-state index in [0.29, 0.717) is 24.2 Å². The van der Waals surface area contributed by atoms with E-state index in [1.54, 1.807) is 24.8 Å². The third kappa shape index (κ3) is 2.15. The molecule has 0 aromatic heterocycles. The minimum atomic E-state index is -1.45. The highest BCUT2D eigenvalue weighted by Crippen LogP contribution is 2.71. The van der Waals surface area contributed by atoms with Crippen LogP contribution in [0, 0.1) is 21.4 Å². The summed E-state index contributed by atoms with van der Waals surface area (Å²) in [6, 6.07) is 3.59. The summed E-state index contributed by atoms with van der Waals surface area (Å²) in [5, 5.41) is 24.0. The zero-order chi connectivity index (χ0) is 25.7. The lowest BCUT2D eigenvalue weighted by Crippen LogP contribution is -2.62. The number of epoxide rings is 1. The number of piperidine rings is 1. The number of nitrogens with zero attached hydrogens (tertiary/aromatic N) is 3. The quantitative estimate of drug-likeness (QED) is 0.371. The standard InChI is InChI=1S/C26H31N3O7/c1-23(2)16-8-13-20-15(36-20)9-27(13)11-25(16,29(33)34)10-26(23)12-6-7-14(35-5)17-18(12)28(22(26)32)24(3,4)21(31)19(17)30/h6-7,13,15-16,20-21,31H,8-11H2,1-5H3/t13-,15-,16-,20+,21-,25-,26+/m0/s1. The van der Waals surface area contributed by atoms with Crippen molar-refractivity contribution in [2.75, 3.05) is 25.1 Å². The van der Waals surface area contributed by atoms with Crippen LogP contribution in [0.4, 0.5) is 5.69 Å². The second kappa shape index (κ2) is 6.28. The largest absolute Gasteiger partial charge is 0.496 e. The van der Waals surface area contributed by atoms with Gasteiger partial charge in [0.1, 0.15) is 18.0 Å². The van der Waals surface area contributed by atoms with Crippen LogP contribution in [0.2, 0.25) is 0 Å². The van der Waals surface area contributed by atoms with Crippen LogP contribution in [0.25, 0.3) is 0 Å². The highest BCUT2D eigenvalue weighted by atomic mass is 16.6. The summed E-state index contributed by atoms with van der Waals surface area (Å²) in [5.74, 6) is -0.844. The van der Waals surface area contributed by atoms with Crippen LogP contribution in [-0.4, -0.2) is 82.3 Å². The molecule has 1 aromatic carbocycles. The Bertz CT molecular complexity index is 1280. The van der Waals surface area contributed by atoms with Gasteiger partial charge in [0.05, 0.1) is 42.0 Å². The molecule has 0 bridgehead atoms. The fraction of sp³-hybridized carbons (Fsp3) is 0.692. The SMILES string of the molecule is COc1ccc2c3c1C(=O)[C@H](O)C(C)(C)N3C(=O)[C@@]21C[C@]2([N+](=O)[O-])CN3C[C@@H]4O[C@@H]4[C@@H]3C[C@H]2C1(C)C. The number of amides is 1. The van der Waals surface area contributed by atoms with Crippen LogP contribution < -0.4 is 9.64 Å². The number of aliphatic hydroxyl groups excluding tert-OH is 1. The van der Waals surface area contributed by atoms with Crippen molar-refractivity contribution in [1.82, 2.24) is 4.90 Å². The van der Waals surface area contributed by atoms with Gasteiger partial charge in [0.2, 0.25) is 11.4 Å². The van der Waals surface area contributed by atoms with Gasteiger partial charge in [-0.15, -0.1) is 0 Å². The van der Waals surface area contributed by atoms with Gasteiger partial charge in [-0.1, -0.05) is 19.9 Å². The van der Waals surface area contributed by atoms with E-state index in [-0.39, 0.29) is 59.3 Å². The Hall–Kier alpha value is -2.56. The Labute approximate surface area is 208 Å². The maximum Gasteiger partial charge on any atom is 0.239 e. The molecule has 5 aliphatic heterocycles. The van der Waals surface area contributed by atoms with Gasteiger partial charge in [0.15, 0.2) is 5.78 Å². The summed E-state index contributed by atoms with van der Waals surface area (Å²) in [6.45, 7) is 8.30. The van der Waals surface area contributed by atoms with E-state index in [9.17, 15) is 24.8 Å². The molecule has 36 heavy (non-hydrogen) atoms. The number of carbonyl (C=O) groups is 2. The molecule has 1 amide bonds. The van der Waals surface area contributed by atoms with Gasteiger partial charge in [-0.3, -0.25) is 24.6 Å². The summed E-state index contributed by atoms with van der Waals surface area (Å²) in [4.78, 5) is 44.7. The summed E-state index contributed by atoms with van der Waals surface area (Å²) in [5.41, 5.74) is -3.27. The third-order valence-electron chi connectivity index (χ3n) is 10.7. The molecule has 1 N–H and O–H groups in total. The first-order chi connectivity index (χ1) is 16.8. The zero-order valence-corrected chi connectivity index (χ0v) is 21.1. The number of morpholine rings is 1. The minimum absolute atomic E-state index is 0.0541. The Morgan fingerprint density at radius 2 is 1.94 bits per heavy atom. The molecule has 6 aliphatic rings. The smallest absolute Gasteiger partial charge is 0.239 e. The number of ketones is 1. The molecule has 1 aromatic rings. The predicted octanol–water partition coefficient (Wildman–Crippen LogP) is 1.53. The molecule has 0 radical (unpaired) electrons. The van der Waals surface area contributed by atoms with E-state index < -0.39 is 33.8 Å². The normalized spacial score (nSPS) is 42.7. The molecular weight excluding hydrogens is 466 g/mol. The highest BCUT2D eigenvalue weighted by molar-refractivity contribution is 6.21. The van der Waals surface area contributed by atoms with Gasteiger partial charge in [0.25, 0.3) is 0 Å². The molecule has 3 saturated heterocycles. The van der Waals surface area contributed by atoms with Crippen molar-refractivity contribution >= 4 is 17.4 Å². The first kappa shape index (κ1) is 22.6.